The maximum Gasteiger partial charge on any atom is 0.256 e. The molecule has 2 nitrogen and oxygen atoms in total. The van der Waals surface area contributed by atoms with E-state index < -0.39 is 0 Å². The topological polar surface area (TPSA) is 8.81 Å². The Bertz CT molecular complexity index is 872. The van der Waals surface area contributed by atoms with E-state index >= 15 is 0 Å². The van der Waals surface area contributed by atoms with Gasteiger partial charge in [-0.3, -0.25) is 0 Å². The third-order valence-corrected chi connectivity index (χ3v) is 13.3. The third kappa shape index (κ3) is 37.9. The van der Waals surface area contributed by atoms with Gasteiger partial charge in [0, 0.05) is 6.42 Å². The molecule has 0 unspecified atom stereocenters. The van der Waals surface area contributed by atoms with E-state index in [2.05, 4.69) is 42.3 Å². The molecule has 0 spiro atoms. The number of aryl methyl sites for hydroxylation is 2. The summed E-state index contributed by atoms with van der Waals surface area (Å²) in [5.74, 6) is 1.63. The highest BCUT2D eigenvalue weighted by atomic mass is 15.1. The van der Waals surface area contributed by atoms with Crippen LogP contribution in [0.15, 0.2) is 12.4 Å². The highest BCUT2D eigenvalue weighted by Gasteiger charge is 2.16. The van der Waals surface area contributed by atoms with Crippen LogP contribution in [-0.2, 0) is 19.5 Å². The van der Waals surface area contributed by atoms with E-state index in [0.717, 1.165) is 0 Å². The van der Waals surface area contributed by atoms with Crippen LogP contribution in [0.4, 0.5) is 0 Å². The zero-order chi connectivity index (χ0) is 40.8. The fraction of sp³-hybridized carbons (Fsp3) is 0.945. The summed E-state index contributed by atoms with van der Waals surface area (Å²) in [6, 6.07) is 0. The lowest BCUT2D eigenvalue weighted by Crippen LogP contribution is -2.37. The van der Waals surface area contributed by atoms with Crippen LogP contribution in [0.25, 0.3) is 0 Å². The Kier molecular flexibility index (Phi) is 44.0. The summed E-state index contributed by atoms with van der Waals surface area (Å²) >= 11 is 0. The lowest BCUT2D eigenvalue weighted by Gasteiger charge is -2.07. The Morgan fingerprint density at radius 1 is 0.298 bits per heavy atom. The van der Waals surface area contributed by atoms with Gasteiger partial charge in [0.1, 0.15) is 12.4 Å². The Hall–Kier alpha value is -0.790. The van der Waals surface area contributed by atoms with E-state index in [-0.39, 0.29) is 0 Å². The largest absolute Gasteiger partial charge is 0.256 e. The van der Waals surface area contributed by atoms with Crippen LogP contribution in [0.2, 0.25) is 0 Å². The number of rotatable bonds is 49. The van der Waals surface area contributed by atoms with Gasteiger partial charge in [0.2, 0.25) is 0 Å². The van der Waals surface area contributed by atoms with Gasteiger partial charge in [-0.15, -0.1) is 0 Å². The van der Waals surface area contributed by atoms with Crippen molar-refractivity contribution in [1.29, 1.82) is 0 Å². The van der Waals surface area contributed by atoms with E-state index in [1.807, 2.05) is 0 Å². The minimum absolute atomic E-state index is 1.23. The van der Waals surface area contributed by atoms with Crippen molar-refractivity contribution in [2.45, 2.75) is 336 Å². The normalized spacial score (nSPS) is 11.7. The standard InChI is InChI=1S/C55H109N2/c1-4-7-10-13-16-19-22-25-27-29-31-33-35-38-41-44-47-50-55-56(51-48-45-42-39-36-24-21-18-15-12-9-6-3)53-54-57(55)52-49-46-43-40-37-34-32-30-28-26-23-20-17-14-11-8-5-2/h53-54H,4-52H2,1-3H3/q+1. The van der Waals surface area contributed by atoms with Crippen molar-refractivity contribution < 1.29 is 4.57 Å². The lowest BCUT2D eigenvalue weighted by atomic mass is 10.0. The molecule has 0 aliphatic heterocycles. The molecule has 0 amide bonds. The highest BCUT2D eigenvalue weighted by Crippen LogP contribution is 2.18. The van der Waals surface area contributed by atoms with E-state index in [9.17, 15) is 0 Å². The Balaban J connectivity index is 2.23. The molecule has 57 heavy (non-hydrogen) atoms. The molecule has 1 rings (SSSR count). The number of aromatic nitrogens is 2. The van der Waals surface area contributed by atoms with Crippen LogP contribution in [-0.4, -0.2) is 4.57 Å². The van der Waals surface area contributed by atoms with Gasteiger partial charge < -0.3 is 0 Å². The molecule has 0 bridgehead atoms. The Morgan fingerprint density at radius 2 is 0.544 bits per heavy atom. The molecule has 1 aromatic heterocycles. The second-order valence-electron chi connectivity index (χ2n) is 19.1. The van der Waals surface area contributed by atoms with Crippen molar-refractivity contribution in [3.63, 3.8) is 0 Å². The minimum atomic E-state index is 1.23. The second kappa shape index (κ2) is 46.3. The first kappa shape index (κ1) is 54.2. The van der Waals surface area contributed by atoms with Crippen LogP contribution in [0, 0.1) is 0 Å². The number of unbranched alkanes of at least 4 members (excludes halogenated alkanes) is 43. The summed E-state index contributed by atoms with van der Waals surface area (Å²) in [7, 11) is 0. The SMILES string of the molecule is CCCCCCCCCCCCCCCCCCCc1n(CCCCCCCCCCCCCC)cc[n+]1CCCCCCCCCCCCCCCCCCC. The van der Waals surface area contributed by atoms with Gasteiger partial charge in [0.25, 0.3) is 5.82 Å². The van der Waals surface area contributed by atoms with Gasteiger partial charge in [-0.2, -0.15) is 0 Å². The molecule has 338 valence electrons. The van der Waals surface area contributed by atoms with Crippen molar-refractivity contribution in [3.8, 4) is 0 Å². The molecule has 0 aliphatic carbocycles. The molecule has 0 aliphatic rings. The average Bonchev–Trinajstić information content (AvgIpc) is 3.61. The van der Waals surface area contributed by atoms with Gasteiger partial charge in [-0.05, 0) is 32.1 Å². The second-order valence-corrected chi connectivity index (χ2v) is 19.1. The molecule has 2 heteroatoms. The molecule has 1 heterocycles. The van der Waals surface area contributed by atoms with Crippen LogP contribution in [0.3, 0.4) is 0 Å². The summed E-state index contributed by atoms with van der Waals surface area (Å²) in [6.45, 7) is 9.42. The lowest BCUT2D eigenvalue weighted by molar-refractivity contribution is -0.704. The summed E-state index contributed by atoms with van der Waals surface area (Å²) < 4.78 is 5.33. The van der Waals surface area contributed by atoms with Crippen molar-refractivity contribution in [3.05, 3.63) is 18.2 Å². The predicted octanol–water partition coefficient (Wildman–Crippen LogP) is 19.3. The van der Waals surface area contributed by atoms with Gasteiger partial charge >= 0.3 is 0 Å². The molecular weight excluding hydrogens is 689 g/mol. The van der Waals surface area contributed by atoms with Gasteiger partial charge in [-0.1, -0.05) is 284 Å². The smallest absolute Gasteiger partial charge is 0.234 e. The monoisotopic (exact) mass is 798 g/mol. The first-order chi connectivity index (χ1) is 28.3. The van der Waals surface area contributed by atoms with Crippen molar-refractivity contribution in [1.82, 2.24) is 4.57 Å². The molecule has 0 radical (unpaired) electrons. The van der Waals surface area contributed by atoms with Crippen molar-refractivity contribution in [2.24, 2.45) is 0 Å². The molecule has 0 saturated heterocycles. The molecular formula is C55H109N2+. The number of imidazole rings is 1. The number of hydrogen-bond donors (Lipinski definition) is 0. The summed E-state index contributed by atoms with van der Waals surface area (Å²) in [6.07, 6.45) is 72.8. The van der Waals surface area contributed by atoms with Crippen LogP contribution in [0.5, 0.6) is 0 Å². The third-order valence-electron chi connectivity index (χ3n) is 13.3. The fourth-order valence-electron chi connectivity index (χ4n) is 9.33. The Labute approximate surface area is 361 Å². The molecule has 0 atom stereocenters. The van der Waals surface area contributed by atoms with Crippen molar-refractivity contribution >= 4 is 0 Å². The molecule has 0 N–H and O–H groups in total. The van der Waals surface area contributed by atoms with E-state index in [0.29, 0.717) is 0 Å². The van der Waals surface area contributed by atoms with Gasteiger partial charge in [0.05, 0.1) is 13.1 Å². The van der Waals surface area contributed by atoms with Gasteiger partial charge in [0.15, 0.2) is 0 Å². The fourth-order valence-corrected chi connectivity index (χ4v) is 9.33. The first-order valence-corrected chi connectivity index (χ1v) is 27.4. The quantitative estimate of drug-likeness (QED) is 0.0459. The van der Waals surface area contributed by atoms with Crippen LogP contribution < -0.4 is 4.57 Å². The maximum absolute atomic E-state index is 2.66. The minimum Gasteiger partial charge on any atom is -0.234 e. The summed E-state index contributed by atoms with van der Waals surface area (Å²) in [5, 5.41) is 0. The predicted molar refractivity (Wildman–Crippen MR) is 258 cm³/mol. The van der Waals surface area contributed by atoms with Gasteiger partial charge in [-0.25, -0.2) is 9.13 Å². The van der Waals surface area contributed by atoms with E-state index in [1.165, 1.54) is 315 Å². The first-order valence-electron chi connectivity index (χ1n) is 27.4. The van der Waals surface area contributed by atoms with Crippen LogP contribution in [0.1, 0.15) is 322 Å². The zero-order valence-corrected chi connectivity index (χ0v) is 40.2. The molecule has 0 saturated carbocycles. The maximum atomic E-state index is 2.66. The zero-order valence-electron chi connectivity index (χ0n) is 40.2. The Morgan fingerprint density at radius 3 is 0.842 bits per heavy atom. The molecule has 0 fully saturated rings. The van der Waals surface area contributed by atoms with E-state index in [1.54, 1.807) is 5.82 Å². The van der Waals surface area contributed by atoms with Crippen molar-refractivity contribution in [2.75, 3.05) is 0 Å². The molecule has 1 aromatic rings. The van der Waals surface area contributed by atoms with Crippen LogP contribution >= 0.6 is 0 Å². The summed E-state index contributed by atoms with van der Waals surface area (Å²) in [5.41, 5.74) is 0. The molecule has 0 aromatic carbocycles. The van der Waals surface area contributed by atoms with E-state index in [4.69, 9.17) is 0 Å². The number of nitrogens with zero attached hydrogens (tertiary/aromatic N) is 2. The average molecular weight is 798 g/mol. The summed E-state index contributed by atoms with van der Waals surface area (Å²) in [4.78, 5) is 0. The highest BCUT2D eigenvalue weighted by molar-refractivity contribution is 4.84. The number of hydrogen-bond acceptors (Lipinski definition) is 0.